The van der Waals surface area contributed by atoms with Crippen molar-refractivity contribution in [2.24, 2.45) is 11.3 Å². The summed E-state index contributed by atoms with van der Waals surface area (Å²) in [7, 11) is -3.76. The van der Waals surface area contributed by atoms with Gasteiger partial charge in [0.05, 0.1) is 23.6 Å². The summed E-state index contributed by atoms with van der Waals surface area (Å²) < 4.78 is 47.4. The molecule has 13 nitrogen and oxygen atoms in total. The Labute approximate surface area is 339 Å². The van der Waals surface area contributed by atoms with Crippen LogP contribution in [0.4, 0.5) is 0 Å². The van der Waals surface area contributed by atoms with Gasteiger partial charge in [0, 0.05) is 32.8 Å². The molecule has 1 heterocycles. The van der Waals surface area contributed by atoms with Crippen LogP contribution in [0.1, 0.15) is 110 Å². The maximum absolute atomic E-state index is 14.1. The first-order valence-electron chi connectivity index (χ1n) is 20.2. The van der Waals surface area contributed by atoms with Gasteiger partial charge in [-0.25, -0.2) is 0 Å². The summed E-state index contributed by atoms with van der Waals surface area (Å²) in [6.45, 7) is 16.0. The van der Waals surface area contributed by atoms with Gasteiger partial charge in [-0.05, 0) is 102 Å². The number of rotatable bonds is 19. The Balaban J connectivity index is 1.24. The highest BCUT2D eigenvalue weighted by molar-refractivity contribution is 7.86. The number of carbonyl (C=O) groups excluding carboxylic acids is 4. The molecular formula is C43H63N3O10S. The molecule has 0 spiro atoms. The summed E-state index contributed by atoms with van der Waals surface area (Å²) >= 11 is 0. The van der Waals surface area contributed by atoms with Gasteiger partial charge in [0.25, 0.3) is 10.1 Å². The Morgan fingerprint density at radius 2 is 1.54 bits per heavy atom. The molecule has 4 rings (SSSR count). The molecular weight excluding hydrogens is 751 g/mol. The van der Waals surface area contributed by atoms with Gasteiger partial charge in [-0.2, -0.15) is 8.42 Å². The van der Waals surface area contributed by atoms with Crippen molar-refractivity contribution in [3.8, 4) is 0 Å². The van der Waals surface area contributed by atoms with Crippen LogP contribution < -0.4 is 10.6 Å². The number of esters is 1. The zero-order chi connectivity index (χ0) is 42.0. The Hall–Kier alpha value is -3.85. The summed E-state index contributed by atoms with van der Waals surface area (Å²) in [5.41, 5.74) is 1.58. The van der Waals surface area contributed by atoms with E-state index in [1.165, 1.54) is 6.92 Å². The third kappa shape index (κ3) is 13.3. The lowest BCUT2D eigenvalue weighted by atomic mass is 9.85. The first-order valence-corrected chi connectivity index (χ1v) is 21.6. The number of carbonyl (C=O) groups is 4. The van der Waals surface area contributed by atoms with Crippen LogP contribution in [-0.2, 0) is 54.1 Å². The van der Waals surface area contributed by atoms with Crippen molar-refractivity contribution in [1.82, 2.24) is 15.5 Å². The van der Waals surface area contributed by atoms with Crippen LogP contribution in [0.3, 0.4) is 0 Å². The van der Waals surface area contributed by atoms with Crippen molar-refractivity contribution in [3.63, 3.8) is 0 Å². The van der Waals surface area contributed by atoms with Gasteiger partial charge in [0.15, 0.2) is 0 Å². The standard InChI is InChI=1S/C43H63N3O10S/c1-29-19-21-32(22-20-29)57(51,52)55-27-13-9-12-24-53-25-15-26-54-35-28-31-16-10-11-17-33(31)36(35)44-39(48)34-18-14-23-46(34)40(49)37(42(3,4)5)45-38(47)30(2)41(50)56-43(6,7)8/h10-11,16-17,19-22,30,34-37H,9,12-15,18,23-28H2,1-8H3,(H,44,48)(H,45,47)/t30-,34+,35-,36+,37-/m1/s1. The molecule has 2 aliphatic rings. The minimum Gasteiger partial charge on any atom is -0.459 e. The molecule has 3 amide bonds. The van der Waals surface area contributed by atoms with E-state index in [4.69, 9.17) is 18.4 Å². The van der Waals surface area contributed by atoms with Crippen molar-refractivity contribution < 1.29 is 46.0 Å². The average molecular weight is 814 g/mol. The number of hydrogen-bond donors (Lipinski definition) is 2. The van der Waals surface area contributed by atoms with Gasteiger partial charge >= 0.3 is 5.97 Å². The first-order chi connectivity index (χ1) is 26.8. The Kier molecular flexibility index (Phi) is 16.3. The molecule has 14 heteroatoms. The minimum atomic E-state index is -3.76. The summed E-state index contributed by atoms with van der Waals surface area (Å²) in [6, 6.07) is 12.4. The molecule has 0 aromatic heterocycles. The molecule has 2 aromatic rings. The van der Waals surface area contributed by atoms with Crippen LogP contribution in [0, 0.1) is 18.3 Å². The van der Waals surface area contributed by atoms with Crippen LogP contribution >= 0.6 is 0 Å². The molecule has 0 radical (unpaired) electrons. The van der Waals surface area contributed by atoms with Gasteiger partial charge < -0.3 is 29.7 Å². The van der Waals surface area contributed by atoms with E-state index in [9.17, 15) is 27.6 Å². The van der Waals surface area contributed by atoms with Crippen LogP contribution in [0.5, 0.6) is 0 Å². The number of nitrogens with zero attached hydrogens (tertiary/aromatic N) is 1. The van der Waals surface area contributed by atoms with E-state index in [2.05, 4.69) is 10.6 Å². The van der Waals surface area contributed by atoms with E-state index < -0.39 is 57.1 Å². The molecule has 1 aliphatic carbocycles. The molecule has 5 atom stereocenters. The minimum absolute atomic E-state index is 0.118. The topological polar surface area (TPSA) is 167 Å². The van der Waals surface area contributed by atoms with Crippen molar-refractivity contribution in [1.29, 1.82) is 0 Å². The maximum atomic E-state index is 14.1. The summed E-state index contributed by atoms with van der Waals surface area (Å²) in [6.07, 6.45) is 4.24. The largest absolute Gasteiger partial charge is 0.459 e. The molecule has 316 valence electrons. The highest BCUT2D eigenvalue weighted by atomic mass is 32.2. The molecule has 1 aliphatic heterocycles. The van der Waals surface area contributed by atoms with Crippen LogP contribution in [-0.4, -0.2) is 93.8 Å². The second-order valence-corrected chi connectivity index (χ2v) is 18.8. The van der Waals surface area contributed by atoms with Gasteiger partial charge in [-0.1, -0.05) is 62.7 Å². The number of unbranched alkanes of at least 4 members (excludes halogenated alkanes) is 2. The van der Waals surface area contributed by atoms with Crippen LogP contribution in [0.2, 0.25) is 0 Å². The number of amides is 3. The summed E-state index contributed by atoms with van der Waals surface area (Å²) in [4.78, 5) is 55.7. The van der Waals surface area contributed by atoms with Crippen molar-refractivity contribution in [2.75, 3.05) is 33.0 Å². The Morgan fingerprint density at radius 3 is 2.23 bits per heavy atom. The number of hydrogen-bond acceptors (Lipinski definition) is 10. The predicted octanol–water partition coefficient (Wildman–Crippen LogP) is 5.58. The van der Waals surface area contributed by atoms with E-state index in [1.54, 1.807) is 49.9 Å². The number of nitrogens with one attached hydrogen (secondary N) is 2. The van der Waals surface area contributed by atoms with E-state index in [0.29, 0.717) is 58.5 Å². The van der Waals surface area contributed by atoms with E-state index >= 15 is 0 Å². The smallest absolute Gasteiger partial charge is 0.318 e. The fourth-order valence-electron chi connectivity index (χ4n) is 6.94. The Bertz CT molecular complexity index is 1780. The van der Waals surface area contributed by atoms with E-state index in [-0.39, 0.29) is 29.4 Å². The average Bonchev–Trinajstić information content (AvgIpc) is 3.76. The highest BCUT2D eigenvalue weighted by Gasteiger charge is 2.44. The van der Waals surface area contributed by atoms with Gasteiger partial charge in [-0.15, -0.1) is 0 Å². The highest BCUT2D eigenvalue weighted by Crippen LogP contribution is 2.34. The molecule has 0 saturated carbocycles. The fourth-order valence-corrected chi connectivity index (χ4v) is 7.88. The molecule has 0 unspecified atom stereocenters. The number of ether oxygens (including phenoxy) is 3. The van der Waals surface area contributed by atoms with Crippen molar-refractivity contribution in [2.45, 2.75) is 135 Å². The third-order valence-corrected chi connectivity index (χ3v) is 11.4. The van der Waals surface area contributed by atoms with E-state index in [0.717, 1.165) is 29.5 Å². The van der Waals surface area contributed by atoms with Crippen LogP contribution in [0.15, 0.2) is 53.4 Å². The molecule has 0 bridgehead atoms. The number of benzene rings is 2. The van der Waals surface area contributed by atoms with Gasteiger partial charge in [-0.3, -0.25) is 23.4 Å². The third-order valence-electron chi connectivity index (χ3n) is 10.1. The monoisotopic (exact) mass is 813 g/mol. The maximum Gasteiger partial charge on any atom is 0.318 e. The zero-order valence-corrected chi connectivity index (χ0v) is 35.7. The zero-order valence-electron chi connectivity index (χ0n) is 34.9. The summed E-state index contributed by atoms with van der Waals surface area (Å²) in [5.74, 6) is -3.06. The molecule has 57 heavy (non-hydrogen) atoms. The van der Waals surface area contributed by atoms with Crippen LogP contribution in [0.25, 0.3) is 0 Å². The van der Waals surface area contributed by atoms with Crippen molar-refractivity contribution in [3.05, 3.63) is 65.2 Å². The quantitative estimate of drug-likeness (QED) is 0.0792. The SMILES string of the molecule is Cc1ccc(S(=O)(=O)OCCCCCOCCCO[C@@H]2Cc3ccccc3[C@@H]2NC(=O)[C@@H]2CCCN2C(=O)[C@@H](NC(=O)[C@@H](C)C(=O)OC(C)(C)C)C(C)(C)C)cc1. The lowest BCUT2D eigenvalue weighted by Gasteiger charge is -2.36. The Morgan fingerprint density at radius 1 is 0.877 bits per heavy atom. The predicted molar refractivity (Wildman–Crippen MR) is 216 cm³/mol. The molecule has 2 N–H and O–H groups in total. The first kappa shape index (κ1) is 45.8. The number of likely N-dealkylation sites (tertiary alicyclic amines) is 1. The molecule has 1 fully saturated rings. The summed E-state index contributed by atoms with van der Waals surface area (Å²) in [5, 5.41) is 6.00. The molecule has 2 aromatic carbocycles. The molecule has 1 saturated heterocycles. The van der Waals surface area contributed by atoms with E-state index in [1.807, 2.05) is 52.0 Å². The fraction of sp³-hybridized carbons (Fsp3) is 0.628. The van der Waals surface area contributed by atoms with Crippen molar-refractivity contribution >= 4 is 33.8 Å². The second kappa shape index (κ2) is 20.2. The number of fused-ring (bicyclic) bond motifs is 1. The second-order valence-electron chi connectivity index (χ2n) is 17.2. The lowest BCUT2D eigenvalue weighted by Crippen LogP contribution is -2.59. The normalized spacial score (nSPS) is 19.4. The van der Waals surface area contributed by atoms with Gasteiger partial charge in [0.2, 0.25) is 17.7 Å². The lowest BCUT2D eigenvalue weighted by molar-refractivity contribution is -0.162. The van der Waals surface area contributed by atoms with Gasteiger partial charge in [0.1, 0.15) is 23.6 Å². The number of aryl methyl sites for hydroxylation is 1.